The first kappa shape index (κ1) is 18.6. The number of hydrogen-bond acceptors (Lipinski definition) is 3. The highest BCUT2D eigenvalue weighted by molar-refractivity contribution is 7.87. The number of hydrogen-bond donors (Lipinski definition) is 1. The van der Waals surface area contributed by atoms with Crippen molar-refractivity contribution in [2.75, 3.05) is 25.0 Å². The van der Waals surface area contributed by atoms with Gasteiger partial charge in [-0.3, -0.25) is 4.79 Å². The van der Waals surface area contributed by atoms with E-state index in [-0.39, 0.29) is 12.5 Å². The highest BCUT2D eigenvalue weighted by atomic mass is 32.2. The van der Waals surface area contributed by atoms with Gasteiger partial charge in [-0.15, -0.1) is 0 Å². The third-order valence-corrected chi connectivity index (χ3v) is 6.41. The summed E-state index contributed by atoms with van der Waals surface area (Å²) in [5.41, 5.74) is 3.73. The summed E-state index contributed by atoms with van der Waals surface area (Å²) in [6.07, 6.45) is 0. The molecule has 1 saturated heterocycles. The van der Waals surface area contributed by atoms with E-state index in [0.717, 1.165) is 16.7 Å². The third kappa shape index (κ3) is 4.12. The Bertz CT molecular complexity index is 912. The van der Waals surface area contributed by atoms with Crippen LogP contribution < -0.4 is 5.32 Å². The number of nitrogens with one attached hydrogen (secondary N) is 1. The highest BCUT2D eigenvalue weighted by Crippen LogP contribution is 2.21. The van der Waals surface area contributed by atoms with Crippen molar-refractivity contribution in [2.45, 2.75) is 20.4 Å². The van der Waals surface area contributed by atoms with Crippen molar-refractivity contribution >= 4 is 21.8 Å². The first-order chi connectivity index (χ1) is 12.4. The Morgan fingerprint density at radius 1 is 1.04 bits per heavy atom. The van der Waals surface area contributed by atoms with E-state index < -0.39 is 10.2 Å². The molecule has 1 heterocycles. The molecule has 1 aliphatic heterocycles. The van der Waals surface area contributed by atoms with Gasteiger partial charge in [-0.25, -0.2) is 0 Å². The van der Waals surface area contributed by atoms with Gasteiger partial charge in [-0.2, -0.15) is 17.0 Å². The zero-order valence-electron chi connectivity index (χ0n) is 15.0. The molecule has 1 fully saturated rings. The minimum Gasteiger partial charge on any atom is -0.325 e. The Hall–Kier alpha value is -2.22. The van der Waals surface area contributed by atoms with Crippen molar-refractivity contribution in [2.24, 2.45) is 0 Å². The molecule has 0 saturated carbocycles. The molecule has 2 aromatic carbocycles. The van der Waals surface area contributed by atoms with E-state index >= 15 is 0 Å². The molecule has 0 bridgehead atoms. The summed E-state index contributed by atoms with van der Waals surface area (Å²) >= 11 is 0. The van der Waals surface area contributed by atoms with Crippen LogP contribution in [0.15, 0.2) is 48.5 Å². The summed E-state index contributed by atoms with van der Waals surface area (Å²) in [6, 6.07) is 15.1. The van der Waals surface area contributed by atoms with E-state index in [1.54, 1.807) is 6.07 Å². The maximum Gasteiger partial charge on any atom is 0.282 e. The highest BCUT2D eigenvalue weighted by Gasteiger charge is 2.37. The fraction of sp³-hybridized carbons (Fsp3) is 0.316. The Morgan fingerprint density at radius 3 is 2.50 bits per heavy atom. The summed E-state index contributed by atoms with van der Waals surface area (Å²) in [7, 11) is -3.63. The molecule has 6 nitrogen and oxygen atoms in total. The van der Waals surface area contributed by atoms with Crippen molar-refractivity contribution in [3.05, 3.63) is 65.2 Å². The Kier molecular flexibility index (Phi) is 5.41. The van der Waals surface area contributed by atoms with Crippen molar-refractivity contribution < 1.29 is 13.2 Å². The van der Waals surface area contributed by atoms with Crippen molar-refractivity contribution in [3.8, 4) is 0 Å². The van der Waals surface area contributed by atoms with Crippen LogP contribution >= 0.6 is 0 Å². The lowest BCUT2D eigenvalue weighted by molar-refractivity contribution is -0.116. The van der Waals surface area contributed by atoms with Crippen LogP contribution in [-0.4, -0.2) is 42.6 Å². The van der Waals surface area contributed by atoms with Gasteiger partial charge in [0.05, 0.1) is 6.54 Å². The number of amides is 1. The van der Waals surface area contributed by atoms with Gasteiger partial charge in [0.15, 0.2) is 0 Å². The van der Waals surface area contributed by atoms with E-state index in [4.69, 9.17) is 0 Å². The van der Waals surface area contributed by atoms with Gasteiger partial charge in [0.2, 0.25) is 5.91 Å². The maximum atomic E-state index is 12.7. The van der Waals surface area contributed by atoms with Crippen LogP contribution in [0, 0.1) is 13.8 Å². The van der Waals surface area contributed by atoms with E-state index in [2.05, 4.69) is 5.32 Å². The minimum atomic E-state index is -3.63. The molecule has 0 unspecified atom stereocenters. The van der Waals surface area contributed by atoms with Crippen LogP contribution in [0.1, 0.15) is 16.7 Å². The maximum absolute atomic E-state index is 12.7. The molecule has 0 atom stereocenters. The fourth-order valence-electron chi connectivity index (χ4n) is 3.00. The lowest BCUT2D eigenvalue weighted by Crippen LogP contribution is -2.37. The van der Waals surface area contributed by atoms with E-state index in [0.29, 0.717) is 25.3 Å². The molecule has 2 aromatic rings. The molecular weight excluding hydrogens is 350 g/mol. The van der Waals surface area contributed by atoms with Gasteiger partial charge in [-0.05, 0) is 42.7 Å². The van der Waals surface area contributed by atoms with Crippen molar-refractivity contribution in [1.29, 1.82) is 0 Å². The predicted octanol–water partition coefficient (Wildman–Crippen LogP) is 2.30. The van der Waals surface area contributed by atoms with E-state index in [1.807, 2.05) is 56.3 Å². The fourth-order valence-corrected chi connectivity index (χ4v) is 4.53. The molecule has 0 aliphatic carbocycles. The second-order valence-electron chi connectivity index (χ2n) is 6.52. The SMILES string of the molecule is Cc1cccc(NC(=O)CN2CCN(Cc3ccccc3C)S2(=O)=O)c1. The Morgan fingerprint density at radius 2 is 1.77 bits per heavy atom. The molecule has 0 aromatic heterocycles. The topological polar surface area (TPSA) is 69.7 Å². The molecule has 7 heteroatoms. The molecule has 3 rings (SSSR count). The number of nitrogens with zero attached hydrogens (tertiary/aromatic N) is 2. The first-order valence-corrected chi connectivity index (χ1v) is 9.92. The largest absolute Gasteiger partial charge is 0.325 e. The average molecular weight is 373 g/mol. The molecule has 1 aliphatic rings. The number of rotatable bonds is 5. The molecule has 26 heavy (non-hydrogen) atoms. The number of benzene rings is 2. The number of anilines is 1. The zero-order chi connectivity index (χ0) is 18.7. The van der Waals surface area contributed by atoms with Gasteiger partial charge in [0, 0.05) is 25.3 Å². The van der Waals surface area contributed by atoms with Gasteiger partial charge in [0.25, 0.3) is 10.2 Å². The van der Waals surface area contributed by atoms with Gasteiger partial charge in [-0.1, -0.05) is 36.4 Å². The Labute approximate surface area is 154 Å². The zero-order valence-corrected chi connectivity index (χ0v) is 15.8. The van der Waals surface area contributed by atoms with Crippen molar-refractivity contribution in [1.82, 2.24) is 8.61 Å². The average Bonchev–Trinajstić information content (AvgIpc) is 2.84. The van der Waals surface area contributed by atoms with Crippen molar-refractivity contribution in [3.63, 3.8) is 0 Å². The second kappa shape index (κ2) is 7.57. The molecule has 1 amide bonds. The van der Waals surface area contributed by atoms with Crippen LogP contribution in [0.2, 0.25) is 0 Å². The van der Waals surface area contributed by atoms with Gasteiger partial charge in [0.1, 0.15) is 0 Å². The van der Waals surface area contributed by atoms with E-state index in [1.165, 1.54) is 8.61 Å². The summed E-state index contributed by atoms with van der Waals surface area (Å²) in [4.78, 5) is 12.3. The van der Waals surface area contributed by atoms with Crippen LogP contribution in [0.5, 0.6) is 0 Å². The summed E-state index contributed by atoms with van der Waals surface area (Å²) in [6.45, 7) is 4.74. The molecular formula is C19H23N3O3S. The standard InChI is InChI=1S/C19H23N3O3S/c1-15-6-5-9-18(12-15)20-19(23)14-22-11-10-21(26(22,24)25)13-17-8-4-3-7-16(17)2/h3-9,12H,10-11,13-14H2,1-2H3,(H,20,23). The normalized spacial score (nSPS) is 17.3. The molecule has 1 N–H and O–H groups in total. The van der Waals surface area contributed by atoms with Crippen LogP contribution in [0.4, 0.5) is 5.69 Å². The summed E-state index contributed by atoms with van der Waals surface area (Å²) in [5.74, 6) is -0.336. The number of carbonyl (C=O) groups is 1. The van der Waals surface area contributed by atoms with E-state index in [9.17, 15) is 13.2 Å². The van der Waals surface area contributed by atoms with Crippen LogP contribution in [0.25, 0.3) is 0 Å². The van der Waals surface area contributed by atoms with Gasteiger partial charge < -0.3 is 5.32 Å². The summed E-state index contributed by atoms with van der Waals surface area (Å²) in [5, 5.41) is 2.76. The van der Waals surface area contributed by atoms with Gasteiger partial charge >= 0.3 is 0 Å². The smallest absolute Gasteiger partial charge is 0.282 e. The van der Waals surface area contributed by atoms with Crippen LogP contribution in [-0.2, 0) is 21.5 Å². The predicted molar refractivity (Wildman–Crippen MR) is 102 cm³/mol. The lowest BCUT2D eigenvalue weighted by Gasteiger charge is -2.19. The molecule has 138 valence electrons. The monoisotopic (exact) mass is 373 g/mol. The summed E-state index contributed by atoms with van der Waals surface area (Å²) < 4.78 is 28.1. The molecule has 0 radical (unpaired) electrons. The van der Waals surface area contributed by atoms with Crippen LogP contribution in [0.3, 0.4) is 0 Å². The first-order valence-electron chi connectivity index (χ1n) is 8.52. The number of carbonyl (C=O) groups excluding carboxylic acids is 1. The quantitative estimate of drug-likeness (QED) is 0.874. The third-order valence-electron chi connectivity index (χ3n) is 4.48. The minimum absolute atomic E-state index is 0.180. The Balaban J connectivity index is 1.65. The lowest BCUT2D eigenvalue weighted by atomic mass is 10.1. The molecule has 0 spiro atoms. The second-order valence-corrected chi connectivity index (χ2v) is 8.45. The number of aryl methyl sites for hydroxylation is 2.